The van der Waals surface area contributed by atoms with Gasteiger partial charge in [-0.1, -0.05) is 50.2 Å². The van der Waals surface area contributed by atoms with Crippen molar-refractivity contribution in [2.45, 2.75) is 57.8 Å². The third-order valence-corrected chi connectivity index (χ3v) is 7.20. The van der Waals surface area contributed by atoms with Crippen molar-refractivity contribution >= 4 is 17.7 Å². The van der Waals surface area contributed by atoms with Crippen LogP contribution in [-0.2, 0) is 33.8 Å². The molecule has 0 saturated carbocycles. The van der Waals surface area contributed by atoms with Gasteiger partial charge in [-0.3, -0.25) is 14.4 Å². The monoisotopic (exact) mass is 495 g/mol. The third-order valence-electron chi connectivity index (χ3n) is 7.20. The molecule has 4 rings (SSSR count). The average molecular weight is 496 g/mol. The highest BCUT2D eigenvalue weighted by Crippen LogP contribution is 2.36. The molecule has 1 fully saturated rings. The summed E-state index contributed by atoms with van der Waals surface area (Å²) in [5.41, 5.74) is 2.66. The summed E-state index contributed by atoms with van der Waals surface area (Å²) in [6.07, 6.45) is 1.62. The van der Waals surface area contributed by atoms with Crippen molar-refractivity contribution < 1.29 is 23.9 Å². The third kappa shape index (κ3) is 4.87. The number of nitrogens with one attached hydrogen (secondary N) is 1. The smallest absolute Gasteiger partial charge is 0.249 e. The molecule has 1 saturated heterocycles. The minimum atomic E-state index is -1.30. The van der Waals surface area contributed by atoms with Crippen LogP contribution in [0.4, 0.5) is 4.39 Å². The summed E-state index contributed by atoms with van der Waals surface area (Å²) >= 11 is 0. The van der Waals surface area contributed by atoms with E-state index in [4.69, 9.17) is 0 Å². The normalized spacial score (nSPS) is 20.9. The van der Waals surface area contributed by atoms with Gasteiger partial charge in [0.15, 0.2) is 0 Å². The molecule has 8 heteroatoms. The molecule has 3 atom stereocenters. The van der Waals surface area contributed by atoms with Crippen molar-refractivity contribution in [3.63, 3.8) is 0 Å². The number of rotatable bonds is 7. The summed E-state index contributed by atoms with van der Waals surface area (Å²) in [5.74, 6) is -1.99. The molecule has 192 valence electrons. The maximum Gasteiger partial charge on any atom is 0.249 e. The topological polar surface area (TPSA) is 90.0 Å². The molecule has 1 heterocycles. The highest BCUT2D eigenvalue weighted by Gasteiger charge is 2.50. The molecule has 2 aromatic carbocycles. The number of carbonyl (C=O) groups excluding carboxylic acids is 3. The molecule has 0 spiro atoms. The Morgan fingerprint density at radius 1 is 1.14 bits per heavy atom. The molecule has 1 aliphatic heterocycles. The predicted octanol–water partition coefficient (Wildman–Crippen LogP) is 2.60. The van der Waals surface area contributed by atoms with Crippen LogP contribution >= 0.6 is 0 Å². The predicted molar refractivity (Wildman–Crippen MR) is 133 cm³/mol. The van der Waals surface area contributed by atoms with Crippen molar-refractivity contribution in [1.82, 2.24) is 15.1 Å². The van der Waals surface area contributed by atoms with Gasteiger partial charge >= 0.3 is 0 Å². The summed E-state index contributed by atoms with van der Waals surface area (Å²) in [6, 6.07) is 9.07. The Kier molecular flexibility index (Phi) is 7.45. The van der Waals surface area contributed by atoms with E-state index in [0.29, 0.717) is 24.8 Å². The van der Waals surface area contributed by atoms with E-state index in [0.717, 1.165) is 11.1 Å². The largest absolute Gasteiger partial charge is 0.392 e. The zero-order valence-electron chi connectivity index (χ0n) is 21.2. The second-order valence-electron chi connectivity index (χ2n) is 10.5. The number of halogens is 1. The minimum Gasteiger partial charge on any atom is -0.392 e. The van der Waals surface area contributed by atoms with Crippen LogP contribution in [0.5, 0.6) is 0 Å². The highest BCUT2D eigenvalue weighted by atomic mass is 19.1. The molecular formula is C28H34FN3O4. The lowest BCUT2D eigenvalue weighted by atomic mass is 9.87. The number of amides is 3. The average Bonchev–Trinajstić information content (AvgIpc) is 3.27. The lowest BCUT2D eigenvalue weighted by Crippen LogP contribution is -2.67. The molecule has 0 radical (unpaired) electrons. The molecule has 1 aliphatic carbocycles. The van der Waals surface area contributed by atoms with Crippen molar-refractivity contribution in [2.75, 3.05) is 14.1 Å². The van der Waals surface area contributed by atoms with Gasteiger partial charge in [-0.15, -0.1) is 0 Å². The van der Waals surface area contributed by atoms with Gasteiger partial charge in [0.05, 0.1) is 6.61 Å². The fourth-order valence-corrected chi connectivity index (χ4v) is 5.41. The molecular weight excluding hydrogens is 461 g/mol. The zero-order chi connectivity index (χ0) is 26.1. The first kappa shape index (κ1) is 25.8. The van der Waals surface area contributed by atoms with E-state index in [2.05, 4.69) is 5.32 Å². The van der Waals surface area contributed by atoms with Crippen LogP contribution in [0, 0.1) is 17.7 Å². The number of aliphatic hydroxyl groups excluding tert-OH is 1. The SMILES string of the molecule is CC(C)C[C@@H]1C(=O)NC(C2Cc3ccccc3C2)C(=O)N1[C@@H](C(=O)N(C)C)c1ccc(CO)cc1F. The lowest BCUT2D eigenvalue weighted by molar-refractivity contribution is -0.159. The first-order chi connectivity index (χ1) is 17.1. The van der Waals surface area contributed by atoms with Crippen LogP contribution < -0.4 is 5.32 Å². The maximum atomic E-state index is 15.3. The maximum absolute atomic E-state index is 15.3. The van der Waals surface area contributed by atoms with Gasteiger partial charge < -0.3 is 20.2 Å². The zero-order valence-corrected chi connectivity index (χ0v) is 21.2. The molecule has 0 aromatic heterocycles. The highest BCUT2D eigenvalue weighted by molar-refractivity contribution is 6.00. The number of hydrogen-bond acceptors (Lipinski definition) is 4. The molecule has 7 nitrogen and oxygen atoms in total. The number of fused-ring (bicyclic) bond motifs is 1. The van der Waals surface area contributed by atoms with E-state index >= 15 is 4.39 Å². The van der Waals surface area contributed by atoms with E-state index in [1.165, 1.54) is 28.0 Å². The van der Waals surface area contributed by atoms with Crippen LogP contribution in [0.15, 0.2) is 42.5 Å². The van der Waals surface area contributed by atoms with Crippen molar-refractivity contribution in [2.24, 2.45) is 11.8 Å². The summed E-state index contributed by atoms with van der Waals surface area (Å²) < 4.78 is 15.3. The second kappa shape index (κ2) is 10.4. The van der Waals surface area contributed by atoms with Crippen LogP contribution in [0.25, 0.3) is 0 Å². The van der Waals surface area contributed by atoms with E-state index < -0.39 is 29.8 Å². The van der Waals surface area contributed by atoms with Gasteiger partial charge in [-0.25, -0.2) is 4.39 Å². The van der Waals surface area contributed by atoms with E-state index in [-0.39, 0.29) is 35.8 Å². The van der Waals surface area contributed by atoms with Gasteiger partial charge in [0.1, 0.15) is 23.9 Å². The van der Waals surface area contributed by atoms with Gasteiger partial charge in [0.25, 0.3) is 0 Å². The quantitative estimate of drug-likeness (QED) is 0.618. The standard InChI is InChI=1S/C28H34FN3O4/c1-16(2)11-23-26(34)30-24(20-13-18-7-5-6-8-19(18)14-20)27(35)32(23)25(28(36)31(3)4)21-10-9-17(15-33)12-22(21)29/h5-10,12,16,20,23-25,33H,11,13-15H2,1-4H3,(H,30,34)/t23-,24?,25-/m1/s1. The van der Waals surface area contributed by atoms with Gasteiger partial charge in [0.2, 0.25) is 17.7 Å². The van der Waals surface area contributed by atoms with Crippen molar-refractivity contribution in [1.29, 1.82) is 0 Å². The van der Waals surface area contributed by atoms with Gasteiger partial charge in [-0.05, 0) is 53.9 Å². The Morgan fingerprint density at radius 3 is 2.31 bits per heavy atom. The molecule has 36 heavy (non-hydrogen) atoms. The molecule has 2 aromatic rings. The fraction of sp³-hybridized carbons (Fsp3) is 0.464. The Morgan fingerprint density at radius 2 is 1.78 bits per heavy atom. The number of aliphatic hydroxyl groups is 1. The van der Waals surface area contributed by atoms with Crippen LogP contribution in [0.3, 0.4) is 0 Å². The van der Waals surface area contributed by atoms with Gasteiger partial charge in [0, 0.05) is 19.7 Å². The van der Waals surface area contributed by atoms with E-state index in [1.54, 1.807) is 14.1 Å². The number of likely N-dealkylation sites (N-methyl/N-ethyl adjacent to an activating group) is 1. The molecule has 3 amide bonds. The molecule has 2 N–H and O–H groups in total. The van der Waals surface area contributed by atoms with E-state index in [1.807, 2.05) is 38.1 Å². The van der Waals surface area contributed by atoms with E-state index in [9.17, 15) is 19.5 Å². The summed E-state index contributed by atoms with van der Waals surface area (Å²) in [7, 11) is 3.10. The summed E-state index contributed by atoms with van der Waals surface area (Å²) in [4.78, 5) is 43.8. The van der Waals surface area contributed by atoms with Crippen molar-refractivity contribution in [3.05, 3.63) is 70.5 Å². The van der Waals surface area contributed by atoms with Crippen LogP contribution in [0.1, 0.15) is 48.6 Å². The fourth-order valence-electron chi connectivity index (χ4n) is 5.41. The molecule has 0 bridgehead atoms. The number of benzene rings is 2. The van der Waals surface area contributed by atoms with Crippen molar-refractivity contribution in [3.8, 4) is 0 Å². The first-order valence-corrected chi connectivity index (χ1v) is 12.4. The van der Waals surface area contributed by atoms with Gasteiger partial charge in [-0.2, -0.15) is 0 Å². The first-order valence-electron chi connectivity index (χ1n) is 12.4. The number of hydrogen-bond donors (Lipinski definition) is 2. The van der Waals surface area contributed by atoms with Crippen LogP contribution in [0.2, 0.25) is 0 Å². The Hall–Kier alpha value is -3.26. The molecule has 1 unspecified atom stereocenters. The summed E-state index contributed by atoms with van der Waals surface area (Å²) in [6.45, 7) is 3.53. The second-order valence-corrected chi connectivity index (χ2v) is 10.5. The number of piperazine rings is 1. The van der Waals surface area contributed by atoms with Crippen LogP contribution in [-0.4, -0.2) is 58.8 Å². The summed E-state index contributed by atoms with van der Waals surface area (Å²) in [5, 5.41) is 12.4. The molecule has 2 aliphatic rings. The Bertz CT molecular complexity index is 1140. The number of nitrogens with zero attached hydrogens (tertiary/aromatic N) is 2. The Balaban J connectivity index is 1.79. The number of carbonyl (C=O) groups is 3. The minimum absolute atomic E-state index is 0.0103. The lowest BCUT2D eigenvalue weighted by Gasteiger charge is -2.45. The Labute approximate surface area is 211 Å².